The number of ketones is 3. The topological polar surface area (TPSA) is 582 Å². The molecule has 0 amide bonds. The third-order valence-electron chi connectivity index (χ3n) is 16.1. The number of Topliss-reactive ketones (excluding diaryl/α,β-unsaturated/α-hetero) is 1. The Morgan fingerprint density at radius 3 is 1.07 bits per heavy atom. The van der Waals surface area contributed by atoms with Gasteiger partial charge in [0.15, 0.2) is 63.6 Å². The molecule has 0 unspecified atom stereocenters. The number of carbonyl (C=O) groups excluding carboxylic acids is 3. The van der Waals surface area contributed by atoms with Gasteiger partial charge in [-0.3, -0.25) is 19.3 Å². The van der Waals surface area contributed by atoms with Crippen molar-refractivity contribution in [1.29, 1.82) is 0 Å². The summed E-state index contributed by atoms with van der Waals surface area (Å²) < 4.78 is 60.7. The van der Waals surface area contributed by atoms with Gasteiger partial charge >= 0.3 is 0 Å². The normalized spacial score (nSPS) is 10.8. The van der Waals surface area contributed by atoms with Gasteiger partial charge in [0, 0.05) is 123 Å². The van der Waals surface area contributed by atoms with Crippen LogP contribution in [0.4, 0.5) is 47.1 Å². The molecule has 0 aliphatic heterocycles. The zero-order valence-corrected chi connectivity index (χ0v) is 74.0. The Labute approximate surface area is 711 Å². The van der Waals surface area contributed by atoms with Crippen molar-refractivity contribution < 1.29 is 77.0 Å². The Morgan fingerprint density at radius 1 is 0.434 bits per heavy atom. The molecule has 0 radical (unpaired) electrons. The number of rotatable bonds is 31. The first-order chi connectivity index (χ1) is 56.8. The Kier molecular flexibility index (Phi) is 43.6. The Morgan fingerprint density at radius 2 is 0.770 bits per heavy atom. The molecule has 0 aliphatic carbocycles. The van der Waals surface area contributed by atoms with E-state index in [1.165, 1.54) is 58.1 Å². The molecule has 5 aromatic heterocycles. The molecular weight excluding hydrogens is 1580 g/mol. The number of allylic oxidation sites excluding steroid dienone is 2. The van der Waals surface area contributed by atoms with Crippen LogP contribution in [0.25, 0.3) is 11.3 Å². The first-order valence-corrected chi connectivity index (χ1v) is 37.0. The molecule has 0 spiro atoms. The average Bonchev–Trinajstić information content (AvgIpc) is 1.23. The van der Waals surface area contributed by atoms with Gasteiger partial charge in [-0.15, -0.1) is 0 Å². The van der Waals surface area contributed by atoms with Crippen LogP contribution in [0.3, 0.4) is 0 Å². The Bertz CT molecular complexity index is 4940. The number of hydrogen-bond donors (Lipinski definition) is 9. The van der Waals surface area contributed by atoms with Crippen molar-refractivity contribution in [3.8, 4) is 80.3 Å². The fourth-order valence-corrected chi connectivity index (χ4v) is 10.3. The predicted octanol–water partition coefficient (Wildman–Crippen LogP) is 11.7. The number of anilines is 6. The predicted molar refractivity (Wildman–Crippen MR) is 473 cm³/mol. The van der Waals surface area contributed by atoms with Gasteiger partial charge in [0.2, 0.25) is 30.1 Å². The van der Waals surface area contributed by atoms with Gasteiger partial charge in [0.05, 0.1) is 94.4 Å². The highest BCUT2D eigenvalue weighted by molar-refractivity contribution is 6.07. The number of aliphatic imine (C=N–C) groups is 2. The van der Waals surface area contributed by atoms with Crippen molar-refractivity contribution in [2.75, 3.05) is 148 Å². The second kappa shape index (κ2) is 51.0. The zero-order valence-electron chi connectivity index (χ0n) is 74.0. The SMILES string of the molecule is COC(OC)N(C)C.COc1cc(C(C)C)c(Oc2cnc(N)nc2N)cc1-c1ccno1.COc1cc(C(C)C)c(Oc2cnc(N)nc2N)cc1C(=O)/C=C/N(C)C.COc1cc(C(C)C)c(Oc2cnc(N)nc2N)cc1C(C)=O.COc1cc(C(C)C)c(Oc2cnc(N=CN(C)C)nc2N=CN(C)C)cc1C(=O)/C=C/N(C)C.N.NO.O. The van der Waals surface area contributed by atoms with Crippen LogP contribution in [0.2, 0.25) is 0 Å². The van der Waals surface area contributed by atoms with Gasteiger partial charge in [-0.1, -0.05) is 60.5 Å². The standard InChI is InChI=1S/C25H35N7O3.C19H25N5O3.C17H19N5O3.C16H20N4O3.C5H13NO2.H3NO.H3N.H2O/c1-17(2)18-12-21(34-9)19(20(33)10-11-30(3)4)13-22(18)35-23-14-26-25(28-16-32(7)8)29-24(23)27-15-31(5)6;1-11(2)12-8-15(26-5)13(14(25)6-7-24(3)4)9-16(12)27-17-10-22-19(21)23-18(17)20;1-9(2)10-6-13(23-3)11(12-4-5-21-25-12)7-14(10)24-15-8-20-17(19)22-16(15)18;1-8(2)10-5-12(22-4)11(9(3)21)6-13(10)23-14-7-19-16(18)20-15(14)17;1-6(2)5(7-3)8-4;1-2;;/h10-17H,1-9H3;6-11H,1-5H3,(H4,20,21,22,23);4-9H,1-3H3,(H4,18,19,20,22);5-8H,1-4H3,(H4,17,18,19,20);5H,1-4H3;2H,1H2;1H3;1H2/b11-10+,27-15?,28-16?;7-6+;;;;;;. The molecule has 9 rings (SSSR count). The van der Waals surface area contributed by atoms with Crippen molar-refractivity contribution in [2.24, 2.45) is 15.9 Å². The minimum atomic E-state index is -0.213. The lowest BCUT2D eigenvalue weighted by Crippen LogP contribution is -2.30. The summed E-state index contributed by atoms with van der Waals surface area (Å²) in [6.45, 7) is 17.7. The summed E-state index contributed by atoms with van der Waals surface area (Å²) in [6, 6.07) is 15.9. The summed E-state index contributed by atoms with van der Waals surface area (Å²) in [5.41, 5.74) is 39.5. The largest absolute Gasteiger partial charge is 0.496 e. The third-order valence-corrected chi connectivity index (χ3v) is 16.1. The minimum absolute atomic E-state index is 0. The van der Waals surface area contributed by atoms with Gasteiger partial charge in [-0.05, 0) is 93.2 Å². The molecule has 4 aromatic carbocycles. The number of carbonyl (C=O) groups is 3. The highest BCUT2D eigenvalue weighted by atomic mass is 16.7. The molecule has 40 heteroatoms. The first-order valence-electron chi connectivity index (χ1n) is 37.0. The minimum Gasteiger partial charge on any atom is -0.496 e. The molecule has 0 bridgehead atoms. The van der Waals surface area contributed by atoms with Gasteiger partial charge in [0.1, 0.15) is 46.0 Å². The fraction of sp³-hybridized carbons (Fsp3) is 0.366. The molecule has 664 valence electrons. The maximum absolute atomic E-state index is 12.9. The lowest BCUT2D eigenvalue weighted by molar-refractivity contribution is -0.179. The number of nitrogen functional groups attached to an aromatic ring is 6. The number of nitrogens with two attached hydrogens (primary N) is 7. The summed E-state index contributed by atoms with van der Waals surface area (Å²) in [4.78, 5) is 87.1. The number of nitrogens with zero attached hydrogens (tertiary/aromatic N) is 16. The molecule has 122 heavy (non-hydrogen) atoms. The highest BCUT2D eigenvalue weighted by Gasteiger charge is 2.25. The third kappa shape index (κ3) is 31.6. The van der Waals surface area contributed by atoms with E-state index in [2.05, 4.69) is 74.8 Å². The molecule has 20 N–H and O–H groups in total. The second-order valence-electron chi connectivity index (χ2n) is 28.1. The lowest BCUT2D eigenvalue weighted by Gasteiger charge is -2.19. The number of ether oxygens (including phenoxy) is 10. The van der Waals surface area contributed by atoms with Crippen LogP contribution in [-0.2, 0) is 9.47 Å². The van der Waals surface area contributed by atoms with Crippen LogP contribution < -0.4 is 84.3 Å². The van der Waals surface area contributed by atoms with Crippen molar-refractivity contribution in [3.05, 3.63) is 149 Å². The number of hydrogen-bond acceptors (Lipinski definition) is 37. The van der Waals surface area contributed by atoms with E-state index in [-0.39, 0.29) is 112 Å². The van der Waals surface area contributed by atoms with Crippen LogP contribution in [0, 0.1) is 0 Å². The monoisotopic (exact) mass is 1700 g/mol. The van der Waals surface area contributed by atoms with Gasteiger partial charge in [-0.25, -0.2) is 35.8 Å². The molecule has 0 atom stereocenters. The number of benzene rings is 4. The summed E-state index contributed by atoms with van der Waals surface area (Å²) in [5, 5.41) is 10.2. The quantitative estimate of drug-likeness (QED) is 0.00486. The summed E-state index contributed by atoms with van der Waals surface area (Å²) in [6.07, 6.45) is 16.7. The van der Waals surface area contributed by atoms with E-state index in [4.69, 9.17) is 91.5 Å². The highest BCUT2D eigenvalue weighted by Crippen LogP contribution is 2.44. The van der Waals surface area contributed by atoms with Crippen molar-refractivity contribution in [1.82, 2.24) is 75.7 Å². The molecule has 0 fully saturated rings. The fourth-order valence-electron chi connectivity index (χ4n) is 10.3. The number of aromatic nitrogens is 9. The van der Waals surface area contributed by atoms with E-state index < -0.39 is 0 Å². The Hall–Kier alpha value is -13.6. The molecule has 5 heterocycles. The molecule has 0 saturated heterocycles. The van der Waals surface area contributed by atoms with E-state index in [0.29, 0.717) is 91.3 Å². The lowest BCUT2D eigenvalue weighted by atomic mass is 9.97. The van der Waals surface area contributed by atoms with E-state index >= 15 is 0 Å². The maximum atomic E-state index is 12.9. The maximum Gasteiger partial charge on any atom is 0.253 e. The first kappa shape index (κ1) is 104. The van der Waals surface area contributed by atoms with Crippen LogP contribution >= 0.6 is 0 Å². The van der Waals surface area contributed by atoms with Gasteiger partial charge in [-0.2, -0.15) is 19.9 Å². The van der Waals surface area contributed by atoms with Gasteiger partial charge in [0.25, 0.3) is 5.95 Å². The summed E-state index contributed by atoms with van der Waals surface area (Å²) in [5.74, 6) is 10.7. The average molecular weight is 1700 g/mol. The van der Waals surface area contributed by atoms with Crippen LogP contribution in [0.15, 0.2) is 125 Å². The van der Waals surface area contributed by atoms with Crippen LogP contribution in [-0.4, -0.2) is 230 Å². The van der Waals surface area contributed by atoms with Crippen molar-refractivity contribution in [2.45, 2.75) is 92.4 Å². The summed E-state index contributed by atoms with van der Waals surface area (Å²) in [7, 11) is 28.0. The van der Waals surface area contributed by atoms with Crippen LogP contribution in [0.1, 0.15) is 139 Å². The zero-order chi connectivity index (χ0) is 89.9. The van der Waals surface area contributed by atoms with E-state index in [1.807, 2.05) is 135 Å². The van der Waals surface area contributed by atoms with E-state index in [9.17, 15) is 14.4 Å². The second-order valence-corrected chi connectivity index (χ2v) is 28.1. The van der Waals surface area contributed by atoms with E-state index in [1.54, 1.807) is 116 Å². The van der Waals surface area contributed by atoms with Crippen LogP contribution in [0.5, 0.6) is 69.0 Å². The van der Waals surface area contributed by atoms with Gasteiger partial charge < -0.3 is 123 Å². The smallest absolute Gasteiger partial charge is 0.253 e. The van der Waals surface area contributed by atoms with Crippen molar-refractivity contribution >= 4 is 77.1 Å². The molecule has 0 saturated carbocycles. The Balaban J connectivity index is 0.000000533. The molecule has 0 aliphatic rings. The van der Waals surface area contributed by atoms with Crippen molar-refractivity contribution in [3.63, 3.8) is 0 Å². The summed E-state index contributed by atoms with van der Waals surface area (Å²) >= 11 is 0. The molecular formula is C82H120N24O16. The molecule has 9 aromatic rings. The van der Waals surface area contributed by atoms with E-state index in [0.717, 1.165) is 22.3 Å². The molecule has 40 nitrogen and oxygen atoms in total. The number of methoxy groups -OCH3 is 6.